The highest BCUT2D eigenvalue weighted by Crippen LogP contribution is 2.08. The molecule has 1 aliphatic heterocycles. The van der Waals surface area contributed by atoms with Crippen LogP contribution in [0.25, 0.3) is 0 Å². The van der Waals surface area contributed by atoms with Crippen LogP contribution < -0.4 is 5.32 Å². The van der Waals surface area contributed by atoms with Crippen molar-refractivity contribution in [3.05, 3.63) is 24.0 Å². The molecule has 0 unspecified atom stereocenters. The molecule has 1 fully saturated rings. The Balaban J connectivity index is 1.60. The van der Waals surface area contributed by atoms with Gasteiger partial charge in [0.2, 0.25) is 0 Å². The van der Waals surface area contributed by atoms with E-state index in [-0.39, 0.29) is 0 Å². The maximum absolute atomic E-state index is 3.57. The largest absolute Gasteiger partial charge is 0.354 e. The number of nitrogens with zero attached hydrogens (tertiary/aromatic N) is 2. The van der Waals surface area contributed by atoms with Gasteiger partial charge in [-0.05, 0) is 44.0 Å². The van der Waals surface area contributed by atoms with E-state index in [1.54, 1.807) is 0 Å². The van der Waals surface area contributed by atoms with E-state index in [0.717, 1.165) is 19.6 Å². The van der Waals surface area contributed by atoms with Crippen LogP contribution in [0.3, 0.4) is 0 Å². The molecule has 1 N–H and O–H groups in total. The number of hydrogen-bond donors (Lipinski definition) is 1. The van der Waals surface area contributed by atoms with Crippen LogP contribution in [0.15, 0.2) is 18.5 Å². The summed E-state index contributed by atoms with van der Waals surface area (Å²) in [6.07, 6.45) is 11.3. The second-order valence-corrected chi connectivity index (χ2v) is 5.69. The molecule has 1 saturated heterocycles. The first-order valence-corrected chi connectivity index (χ1v) is 7.96. The summed E-state index contributed by atoms with van der Waals surface area (Å²) in [5.74, 6) is 0. The smallest absolute Gasteiger partial charge is 0.0221 e. The second kappa shape index (κ2) is 8.39. The molecule has 0 aliphatic carbocycles. The van der Waals surface area contributed by atoms with Crippen molar-refractivity contribution >= 4 is 0 Å². The van der Waals surface area contributed by atoms with E-state index >= 15 is 0 Å². The second-order valence-electron chi connectivity index (χ2n) is 5.69. The van der Waals surface area contributed by atoms with Crippen LogP contribution in [0.1, 0.15) is 44.6 Å². The van der Waals surface area contributed by atoms with Crippen molar-refractivity contribution in [3.8, 4) is 0 Å². The van der Waals surface area contributed by atoms with Gasteiger partial charge < -0.3 is 14.8 Å². The average Bonchev–Trinajstić information content (AvgIpc) is 2.70. The lowest BCUT2D eigenvalue weighted by Gasteiger charge is -2.19. The van der Waals surface area contributed by atoms with Gasteiger partial charge in [0.1, 0.15) is 0 Å². The van der Waals surface area contributed by atoms with E-state index in [1.165, 1.54) is 57.3 Å². The van der Waals surface area contributed by atoms with Gasteiger partial charge in [-0.2, -0.15) is 0 Å². The minimum absolute atomic E-state index is 1.00. The van der Waals surface area contributed by atoms with Gasteiger partial charge in [0, 0.05) is 38.6 Å². The summed E-state index contributed by atoms with van der Waals surface area (Å²) in [5.41, 5.74) is 1.41. The highest BCUT2D eigenvalue weighted by molar-refractivity contribution is 5.09. The standard InChI is InChI=1S/C16H29N3/c1-2-9-19-12-7-16(15-19)14-17-8-13-18-10-5-3-4-6-11-18/h7,12,15,17H,2-6,8-11,13-14H2,1H3. The Bertz CT molecular complexity index is 338. The molecule has 1 aromatic rings. The lowest BCUT2D eigenvalue weighted by atomic mass is 10.2. The van der Waals surface area contributed by atoms with Crippen LogP contribution in [-0.2, 0) is 13.1 Å². The van der Waals surface area contributed by atoms with Gasteiger partial charge in [0.05, 0.1) is 0 Å². The van der Waals surface area contributed by atoms with Crippen molar-refractivity contribution in [2.75, 3.05) is 26.2 Å². The van der Waals surface area contributed by atoms with Crippen LogP contribution in [0, 0.1) is 0 Å². The molecule has 0 bridgehead atoms. The lowest BCUT2D eigenvalue weighted by Crippen LogP contribution is -2.32. The van der Waals surface area contributed by atoms with E-state index < -0.39 is 0 Å². The van der Waals surface area contributed by atoms with Gasteiger partial charge >= 0.3 is 0 Å². The molecule has 2 rings (SSSR count). The Kier molecular flexibility index (Phi) is 6.45. The number of nitrogens with one attached hydrogen (secondary N) is 1. The zero-order valence-electron chi connectivity index (χ0n) is 12.4. The van der Waals surface area contributed by atoms with Gasteiger partial charge in [-0.25, -0.2) is 0 Å². The fourth-order valence-electron chi connectivity index (χ4n) is 2.82. The third kappa shape index (κ3) is 5.37. The topological polar surface area (TPSA) is 20.2 Å². The zero-order valence-corrected chi connectivity index (χ0v) is 12.4. The summed E-state index contributed by atoms with van der Waals surface area (Å²) in [6.45, 7) is 9.27. The quantitative estimate of drug-likeness (QED) is 0.763. The lowest BCUT2D eigenvalue weighted by molar-refractivity contribution is 0.284. The number of aryl methyl sites for hydroxylation is 1. The third-order valence-corrected chi connectivity index (χ3v) is 3.93. The maximum Gasteiger partial charge on any atom is 0.0221 e. The van der Waals surface area contributed by atoms with Crippen LogP contribution in [0.5, 0.6) is 0 Å². The highest BCUT2D eigenvalue weighted by atomic mass is 15.1. The Morgan fingerprint density at radius 1 is 1.11 bits per heavy atom. The molecule has 3 heteroatoms. The van der Waals surface area contributed by atoms with E-state index in [4.69, 9.17) is 0 Å². The van der Waals surface area contributed by atoms with E-state index in [2.05, 4.69) is 40.2 Å². The molecule has 0 spiro atoms. The van der Waals surface area contributed by atoms with Crippen LogP contribution >= 0.6 is 0 Å². The van der Waals surface area contributed by atoms with Crippen molar-refractivity contribution in [1.82, 2.24) is 14.8 Å². The van der Waals surface area contributed by atoms with Crippen molar-refractivity contribution in [2.24, 2.45) is 0 Å². The molecule has 1 aromatic heterocycles. The molecular weight excluding hydrogens is 234 g/mol. The predicted octanol–water partition coefficient (Wildman–Crippen LogP) is 2.86. The molecule has 2 heterocycles. The maximum atomic E-state index is 3.57. The molecular formula is C16H29N3. The highest BCUT2D eigenvalue weighted by Gasteiger charge is 2.07. The van der Waals surface area contributed by atoms with Crippen LogP contribution in [-0.4, -0.2) is 35.6 Å². The summed E-state index contributed by atoms with van der Waals surface area (Å²) in [5, 5.41) is 3.57. The van der Waals surface area contributed by atoms with Crippen molar-refractivity contribution in [1.29, 1.82) is 0 Å². The summed E-state index contributed by atoms with van der Waals surface area (Å²) >= 11 is 0. The Morgan fingerprint density at radius 2 is 1.89 bits per heavy atom. The fourth-order valence-corrected chi connectivity index (χ4v) is 2.82. The summed E-state index contributed by atoms with van der Waals surface area (Å²) in [7, 11) is 0. The van der Waals surface area contributed by atoms with Crippen molar-refractivity contribution < 1.29 is 0 Å². The monoisotopic (exact) mass is 263 g/mol. The summed E-state index contributed by atoms with van der Waals surface area (Å²) in [4.78, 5) is 2.61. The van der Waals surface area contributed by atoms with Crippen molar-refractivity contribution in [3.63, 3.8) is 0 Å². The van der Waals surface area contributed by atoms with Gasteiger partial charge in [-0.1, -0.05) is 19.8 Å². The molecule has 3 nitrogen and oxygen atoms in total. The summed E-state index contributed by atoms with van der Waals surface area (Å²) in [6, 6.07) is 2.23. The molecule has 0 atom stereocenters. The fraction of sp³-hybridized carbons (Fsp3) is 0.750. The minimum atomic E-state index is 1.00. The van der Waals surface area contributed by atoms with Crippen LogP contribution in [0.4, 0.5) is 0 Å². The number of aromatic nitrogens is 1. The number of likely N-dealkylation sites (tertiary alicyclic amines) is 1. The third-order valence-electron chi connectivity index (χ3n) is 3.93. The van der Waals surface area contributed by atoms with E-state index in [0.29, 0.717) is 0 Å². The number of rotatable bonds is 7. The Morgan fingerprint density at radius 3 is 2.63 bits per heavy atom. The molecule has 0 saturated carbocycles. The average molecular weight is 263 g/mol. The first-order chi connectivity index (χ1) is 9.38. The Hall–Kier alpha value is -0.800. The normalized spacial score (nSPS) is 17.5. The molecule has 19 heavy (non-hydrogen) atoms. The predicted molar refractivity (Wildman–Crippen MR) is 81.3 cm³/mol. The SMILES string of the molecule is CCCn1ccc(CNCCN2CCCCCC2)c1. The molecule has 0 amide bonds. The Labute approximate surface area is 118 Å². The minimum Gasteiger partial charge on any atom is -0.354 e. The van der Waals surface area contributed by atoms with Gasteiger partial charge in [-0.3, -0.25) is 0 Å². The van der Waals surface area contributed by atoms with E-state index in [1.807, 2.05) is 0 Å². The zero-order chi connectivity index (χ0) is 13.3. The van der Waals surface area contributed by atoms with Crippen LogP contribution in [0.2, 0.25) is 0 Å². The van der Waals surface area contributed by atoms with Gasteiger partial charge in [0.25, 0.3) is 0 Å². The van der Waals surface area contributed by atoms with Gasteiger partial charge in [-0.15, -0.1) is 0 Å². The molecule has 0 aromatic carbocycles. The molecule has 0 radical (unpaired) electrons. The molecule has 1 aliphatic rings. The summed E-state index contributed by atoms with van der Waals surface area (Å²) < 4.78 is 2.28. The van der Waals surface area contributed by atoms with E-state index in [9.17, 15) is 0 Å². The van der Waals surface area contributed by atoms with Crippen molar-refractivity contribution in [2.45, 2.75) is 52.1 Å². The molecule has 108 valence electrons. The van der Waals surface area contributed by atoms with Gasteiger partial charge in [0.15, 0.2) is 0 Å². The number of hydrogen-bond acceptors (Lipinski definition) is 2. The first-order valence-electron chi connectivity index (χ1n) is 7.96. The first kappa shape index (κ1) is 14.6.